The highest BCUT2D eigenvalue weighted by Crippen LogP contribution is 2.54. The number of rotatable bonds is 3. The Labute approximate surface area is 257 Å². The van der Waals surface area contributed by atoms with Crippen LogP contribution >= 0.6 is 15.3 Å². The van der Waals surface area contributed by atoms with E-state index in [4.69, 9.17) is 51.3 Å². The van der Waals surface area contributed by atoms with E-state index in [9.17, 15) is 18.8 Å². The van der Waals surface area contributed by atoms with Crippen molar-refractivity contribution in [1.29, 1.82) is 0 Å². The van der Waals surface area contributed by atoms with Gasteiger partial charge in [-0.25, -0.2) is 28.9 Å². The Morgan fingerprint density at radius 1 is 1.00 bits per heavy atom. The third kappa shape index (κ3) is 5.41. The number of ether oxygens (including phenoxy) is 3. The van der Waals surface area contributed by atoms with E-state index in [-0.39, 0.29) is 34.1 Å². The molecule has 244 valence electrons. The molecule has 0 aromatic carbocycles. The molecule has 9 unspecified atom stereocenters. The van der Waals surface area contributed by atoms with Crippen LogP contribution in [-0.2, 0) is 41.4 Å². The monoisotopic (exact) mass is 684 g/mol. The van der Waals surface area contributed by atoms with Crippen LogP contribution in [0, 0.1) is 0 Å². The Bertz CT molecular complexity index is 1960. The molecular weight excluding hydrogens is 660 g/mol. The maximum absolute atomic E-state index is 16.0. The number of hydrogen-bond donors (Lipinski definition) is 4. The van der Waals surface area contributed by atoms with Crippen molar-refractivity contribution in [2.24, 2.45) is 0 Å². The first-order chi connectivity index (χ1) is 21.9. The molecule has 10 atom stereocenters. The SMILES string of the molecule is [B][P@@]1(=O)OCC2OC(n3cnc4c(=O)[nH]c(N)nc43)C(OP(=O)(O)OCC3OC(n4cnc5c(N)ncnc54)C(F)C3O1)C2OC. The number of phosphoric acid groups is 1. The van der Waals surface area contributed by atoms with Gasteiger partial charge in [-0.05, 0) is 0 Å². The van der Waals surface area contributed by atoms with E-state index >= 15 is 4.39 Å². The lowest BCUT2D eigenvalue weighted by molar-refractivity contribution is -0.0630. The molecule has 3 aliphatic heterocycles. The molecule has 7 rings (SSSR count). The van der Waals surface area contributed by atoms with Crippen LogP contribution in [0.2, 0.25) is 0 Å². The van der Waals surface area contributed by atoms with Crippen molar-refractivity contribution in [1.82, 2.24) is 39.0 Å². The summed E-state index contributed by atoms with van der Waals surface area (Å²) in [6.07, 6.45) is -8.52. The van der Waals surface area contributed by atoms with Gasteiger partial charge in [-0.2, -0.15) is 4.98 Å². The molecule has 2 radical (unpaired) electrons. The van der Waals surface area contributed by atoms with Crippen LogP contribution in [0.4, 0.5) is 16.2 Å². The first kappa shape index (κ1) is 31.2. The zero-order chi connectivity index (χ0) is 32.5. The Balaban J connectivity index is 1.22. The van der Waals surface area contributed by atoms with Crippen LogP contribution in [0.25, 0.3) is 22.3 Å². The molecule has 25 heteroatoms. The number of phosphoric ester groups is 1. The van der Waals surface area contributed by atoms with Crippen molar-refractivity contribution in [3.05, 3.63) is 29.3 Å². The van der Waals surface area contributed by atoms with E-state index in [0.29, 0.717) is 0 Å². The van der Waals surface area contributed by atoms with Crippen molar-refractivity contribution in [2.45, 2.75) is 49.1 Å². The number of anilines is 2. The number of alkyl halides is 1. The fourth-order valence-corrected chi connectivity index (χ4v) is 7.49. The molecule has 0 aliphatic carbocycles. The summed E-state index contributed by atoms with van der Waals surface area (Å²) >= 11 is 0. The number of methoxy groups -OCH3 is 1. The number of nitrogen functional groups attached to an aromatic ring is 2. The van der Waals surface area contributed by atoms with E-state index in [0.717, 1.165) is 6.33 Å². The summed E-state index contributed by atoms with van der Waals surface area (Å²) in [5.41, 5.74) is 11.0. The number of hydrogen-bond acceptors (Lipinski definition) is 17. The van der Waals surface area contributed by atoms with Gasteiger partial charge in [0.1, 0.15) is 42.4 Å². The molecule has 2 bridgehead atoms. The van der Waals surface area contributed by atoms with E-state index in [1.54, 1.807) is 0 Å². The summed E-state index contributed by atoms with van der Waals surface area (Å²) in [5, 5.41) is 0. The second-order valence-corrected chi connectivity index (χ2v) is 13.3. The lowest BCUT2D eigenvalue weighted by Gasteiger charge is -2.26. The Kier molecular flexibility index (Phi) is 7.75. The lowest BCUT2D eigenvalue weighted by Crippen LogP contribution is -2.37. The second kappa shape index (κ2) is 11.4. The highest BCUT2D eigenvalue weighted by Gasteiger charge is 2.54. The fourth-order valence-electron chi connectivity index (χ4n) is 5.56. The fraction of sp³-hybridized carbons (Fsp3) is 0.524. The molecule has 6 N–H and O–H groups in total. The van der Waals surface area contributed by atoms with Crippen LogP contribution in [-0.4, -0.2) is 109 Å². The summed E-state index contributed by atoms with van der Waals surface area (Å²) < 4.78 is 84.1. The maximum atomic E-state index is 16.0. The molecule has 3 saturated heterocycles. The average molecular weight is 684 g/mol. The number of H-pyrrole nitrogens is 1. The number of imidazole rings is 2. The quantitative estimate of drug-likeness (QED) is 0.156. The van der Waals surface area contributed by atoms with Gasteiger partial charge in [-0.3, -0.25) is 32.5 Å². The second-order valence-electron chi connectivity index (χ2n) is 10.4. The third-order valence-corrected chi connectivity index (χ3v) is 9.59. The van der Waals surface area contributed by atoms with Crippen molar-refractivity contribution in [3.63, 3.8) is 0 Å². The minimum atomic E-state index is -5.06. The molecule has 3 fully saturated rings. The third-order valence-electron chi connectivity index (χ3n) is 7.55. The number of nitrogens with one attached hydrogen (secondary N) is 1. The van der Waals surface area contributed by atoms with Crippen LogP contribution in [0.5, 0.6) is 0 Å². The molecule has 7 heterocycles. The Hall–Kier alpha value is -3.37. The van der Waals surface area contributed by atoms with Gasteiger partial charge in [-0.15, -0.1) is 0 Å². The highest BCUT2D eigenvalue weighted by atomic mass is 31.2. The first-order valence-corrected chi connectivity index (χ1v) is 16.5. The van der Waals surface area contributed by atoms with E-state index in [1.807, 2.05) is 0 Å². The highest BCUT2D eigenvalue weighted by molar-refractivity contribution is 7.79. The van der Waals surface area contributed by atoms with Gasteiger partial charge < -0.3 is 39.6 Å². The summed E-state index contributed by atoms with van der Waals surface area (Å²) in [6.45, 7) is -1.41. The van der Waals surface area contributed by atoms with Crippen molar-refractivity contribution in [3.8, 4) is 0 Å². The standard InChI is InChI=1S/C21H24BFN10O11P2/c1-38-13-8-2-39-45(22,35)43-12-7(41-19(9(12)23)32-5-28-10-15(24)26-4-27-16(10)32)3-40-46(36,37)44-14(13)20(42-8)33-6-29-11-17(33)30-21(25)31-18(11)34/h4-9,12-14,19-20H,2-3H2,1H3,(H,36,37)(H2,24,26,27)(H3,25,30,31,34)/t7?,8?,9?,12?,13?,14?,19?,20?,45-/m1/s1. The Morgan fingerprint density at radius 2 is 1.70 bits per heavy atom. The predicted octanol–water partition coefficient (Wildman–Crippen LogP) is -0.534. The molecule has 0 saturated carbocycles. The van der Waals surface area contributed by atoms with Crippen LogP contribution in [0.3, 0.4) is 0 Å². The number of fused-ring (bicyclic) bond motifs is 5. The van der Waals surface area contributed by atoms with E-state index in [2.05, 4.69) is 29.9 Å². The van der Waals surface area contributed by atoms with Crippen LogP contribution < -0.4 is 17.0 Å². The number of aromatic amines is 1. The molecular formula is C21H24BFN10O11P2. The minimum Gasteiger partial charge on any atom is -0.382 e. The van der Waals surface area contributed by atoms with Gasteiger partial charge >= 0.3 is 7.82 Å². The van der Waals surface area contributed by atoms with Gasteiger partial charge in [0, 0.05) is 7.11 Å². The summed E-state index contributed by atoms with van der Waals surface area (Å²) in [6, 6.07) is 0. The number of halogens is 1. The molecule has 0 amide bonds. The topological polar surface area (TPSA) is 278 Å². The maximum Gasteiger partial charge on any atom is 0.472 e. The average Bonchev–Trinajstić information content (AvgIpc) is 3.75. The molecule has 4 aromatic heterocycles. The lowest BCUT2D eigenvalue weighted by atomic mass is 10.1. The number of nitrogens with zero attached hydrogens (tertiary/aromatic N) is 7. The van der Waals surface area contributed by atoms with Gasteiger partial charge in [-0.1, -0.05) is 0 Å². The van der Waals surface area contributed by atoms with Crippen molar-refractivity contribution in [2.75, 3.05) is 31.8 Å². The van der Waals surface area contributed by atoms with Crippen LogP contribution in [0.1, 0.15) is 12.5 Å². The van der Waals surface area contributed by atoms with E-state index < -0.39 is 83.2 Å². The molecule has 0 spiro atoms. The van der Waals surface area contributed by atoms with Gasteiger partial charge in [0.05, 0.1) is 25.9 Å². The molecule has 3 aliphatic rings. The molecule has 4 aromatic rings. The van der Waals surface area contributed by atoms with E-state index in [1.165, 1.54) is 28.9 Å². The molecule has 46 heavy (non-hydrogen) atoms. The predicted molar refractivity (Wildman–Crippen MR) is 151 cm³/mol. The van der Waals surface area contributed by atoms with Gasteiger partial charge in [0.25, 0.3) is 13.0 Å². The number of nitrogens with two attached hydrogens (primary N) is 2. The van der Waals surface area contributed by atoms with Crippen LogP contribution in [0.15, 0.2) is 23.8 Å². The summed E-state index contributed by atoms with van der Waals surface area (Å²) in [5.74, 6) is -0.218. The zero-order valence-electron chi connectivity index (χ0n) is 23.4. The van der Waals surface area contributed by atoms with Crippen molar-refractivity contribution >= 4 is 57.0 Å². The first-order valence-electron chi connectivity index (χ1n) is 13.4. The smallest absolute Gasteiger partial charge is 0.382 e. The zero-order valence-corrected chi connectivity index (χ0v) is 25.2. The van der Waals surface area contributed by atoms with Gasteiger partial charge in [0.15, 0.2) is 41.3 Å². The van der Waals surface area contributed by atoms with Gasteiger partial charge in [0.2, 0.25) is 13.5 Å². The molecule has 21 nitrogen and oxygen atoms in total. The van der Waals surface area contributed by atoms with Crippen molar-refractivity contribution < 1.29 is 50.7 Å². The minimum absolute atomic E-state index is 0.0248. The largest absolute Gasteiger partial charge is 0.472 e. The Morgan fingerprint density at radius 3 is 2.46 bits per heavy atom. The normalized spacial score (nSPS) is 37.1. The number of aromatic nitrogens is 8. The summed E-state index contributed by atoms with van der Waals surface area (Å²) in [4.78, 5) is 45.6. The summed E-state index contributed by atoms with van der Waals surface area (Å²) in [7, 11) is -2.53.